The Bertz CT molecular complexity index is 1130. The molecule has 3 aromatic rings. The van der Waals surface area contributed by atoms with Crippen LogP contribution in [0, 0.1) is 17.4 Å². The average molecular weight is 527 g/mol. The van der Waals surface area contributed by atoms with Gasteiger partial charge in [-0.05, 0) is 95.6 Å². The van der Waals surface area contributed by atoms with E-state index < -0.39 is 0 Å². The van der Waals surface area contributed by atoms with Crippen LogP contribution in [0.5, 0.6) is 5.75 Å². The Labute approximate surface area is 194 Å². The average Bonchev–Trinajstić information content (AvgIpc) is 2.75. The van der Waals surface area contributed by atoms with Gasteiger partial charge in [0.25, 0.3) is 11.8 Å². The van der Waals surface area contributed by atoms with Gasteiger partial charge < -0.3 is 10.1 Å². The molecule has 0 aromatic heterocycles. The van der Waals surface area contributed by atoms with Crippen molar-refractivity contribution in [1.29, 1.82) is 0 Å². The highest BCUT2D eigenvalue weighted by atomic mass is 127. The van der Waals surface area contributed by atoms with Crippen LogP contribution < -0.4 is 15.5 Å². The summed E-state index contributed by atoms with van der Waals surface area (Å²) in [6.45, 7) is 3.91. The van der Waals surface area contributed by atoms with Crippen LogP contribution in [0.3, 0.4) is 0 Å². The first-order chi connectivity index (χ1) is 14.9. The highest BCUT2D eigenvalue weighted by molar-refractivity contribution is 14.1. The van der Waals surface area contributed by atoms with Crippen molar-refractivity contribution < 1.29 is 14.3 Å². The number of rotatable bonds is 7. The molecule has 7 heteroatoms. The van der Waals surface area contributed by atoms with E-state index in [1.54, 1.807) is 30.3 Å². The predicted molar refractivity (Wildman–Crippen MR) is 131 cm³/mol. The fourth-order valence-electron chi connectivity index (χ4n) is 2.71. The molecule has 6 nitrogen and oxygen atoms in total. The van der Waals surface area contributed by atoms with Gasteiger partial charge in [0.1, 0.15) is 5.75 Å². The van der Waals surface area contributed by atoms with Gasteiger partial charge in [-0.15, -0.1) is 0 Å². The highest BCUT2D eigenvalue weighted by Crippen LogP contribution is 2.15. The second-order valence-electron chi connectivity index (χ2n) is 6.92. The van der Waals surface area contributed by atoms with Crippen LogP contribution in [0.25, 0.3) is 0 Å². The van der Waals surface area contributed by atoms with Crippen LogP contribution in [0.1, 0.15) is 27.0 Å². The molecule has 0 bridgehead atoms. The van der Waals surface area contributed by atoms with Gasteiger partial charge in [0.15, 0.2) is 6.61 Å². The SMILES string of the molecule is Cc1ccc(NC(=O)COc2cccc(/C=N\NC(=O)c3cccc(I)c3)c2)cc1C. The summed E-state index contributed by atoms with van der Waals surface area (Å²) in [4.78, 5) is 24.3. The second-order valence-corrected chi connectivity index (χ2v) is 8.16. The third kappa shape index (κ3) is 6.92. The molecule has 0 fully saturated rings. The molecule has 31 heavy (non-hydrogen) atoms. The van der Waals surface area contributed by atoms with Gasteiger partial charge in [-0.3, -0.25) is 9.59 Å². The highest BCUT2D eigenvalue weighted by Gasteiger charge is 2.06. The first-order valence-electron chi connectivity index (χ1n) is 9.59. The van der Waals surface area contributed by atoms with E-state index >= 15 is 0 Å². The van der Waals surface area contributed by atoms with E-state index in [0.29, 0.717) is 11.3 Å². The van der Waals surface area contributed by atoms with Gasteiger partial charge in [0.2, 0.25) is 0 Å². The Hall–Kier alpha value is -3.20. The van der Waals surface area contributed by atoms with Crippen molar-refractivity contribution in [2.24, 2.45) is 5.10 Å². The maximum absolute atomic E-state index is 12.2. The molecule has 3 rings (SSSR count). The second kappa shape index (κ2) is 10.7. The largest absolute Gasteiger partial charge is 0.484 e. The molecule has 158 valence electrons. The Morgan fingerprint density at radius 2 is 1.81 bits per heavy atom. The fourth-order valence-corrected chi connectivity index (χ4v) is 3.25. The smallest absolute Gasteiger partial charge is 0.271 e. The van der Waals surface area contributed by atoms with Crippen molar-refractivity contribution in [2.45, 2.75) is 13.8 Å². The third-order valence-electron chi connectivity index (χ3n) is 4.49. The normalized spacial score (nSPS) is 10.7. The van der Waals surface area contributed by atoms with E-state index in [2.05, 4.69) is 38.4 Å². The molecule has 0 saturated carbocycles. The molecule has 0 unspecified atom stereocenters. The Morgan fingerprint density at radius 1 is 1.00 bits per heavy atom. The molecule has 0 radical (unpaired) electrons. The lowest BCUT2D eigenvalue weighted by Gasteiger charge is -2.09. The van der Waals surface area contributed by atoms with E-state index in [4.69, 9.17) is 4.74 Å². The number of halogens is 1. The van der Waals surface area contributed by atoms with Gasteiger partial charge in [-0.1, -0.05) is 24.3 Å². The summed E-state index contributed by atoms with van der Waals surface area (Å²) < 4.78 is 6.56. The Kier molecular flexibility index (Phi) is 7.77. The molecule has 0 aliphatic rings. The number of nitrogens with one attached hydrogen (secondary N) is 2. The molecule has 0 aliphatic heterocycles. The minimum absolute atomic E-state index is 0.114. The van der Waals surface area contributed by atoms with Crippen LogP contribution in [0.2, 0.25) is 0 Å². The molecule has 3 aromatic carbocycles. The number of benzene rings is 3. The van der Waals surface area contributed by atoms with Crippen LogP contribution in [0.15, 0.2) is 71.8 Å². The molecular formula is C24H22IN3O3. The third-order valence-corrected chi connectivity index (χ3v) is 5.16. The van der Waals surface area contributed by atoms with Crippen molar-refractivity contribution in [2.75, 3.05) is 11.9 Å². The zero-order valence-corrected chi connectivity index (χ0v) is 19.3. The molecule has 0 spiro atoms. The van der Waals surface area contributed by atoms with Crippen molar-refractivity contribution in [3.8, 4) is 5.75 Å². The molecule has 0 saturated heterocycles. The number of hydrazone groups is 1. The summed E-state index contributed by atoms with van der Waals surface area (Å²) >= 11 is 2.15. The van der Waals surface area contributed by atoms with Gasteiger partial charge >= 0.3 is 0 Å². The summed E-state index contributed by atoms with van der Waals surface area (Å²) in [5.74, 6) is 0.000361. The first kappa shape index (κ1) is 22.5. The van der Waals surface area contributed by atoms with Crippen molar-refractivity contribution in [3.63, 3.8) is 0 Å². The summed E-state index contributed by atoms with van der Waals surface area (Å²) in [5, 5.41) is 6.82. The topological polar surface area (TPSA) is 79.8 Å². The zero-order chi connectivity index (χ0) is 22.2. The van der Waals surface area contributed by atoms with Gasteiger partial charge in [0.05, 0.1) is 6.21 Å². The molecule has 2 amide bonds. The molecule has 0 heterocycles. The van der Waals surface area contributed by atoms with Crippen molar-refractivity contribution >= 4 is 46.3 Å². The maximum atomic E-state index is 12.2. The number of hydrogen-bond acceptors (Lipinski definition) is 4. The number of anilines is 1. The number of amides is 2. The van der Waals surface area contributed by atoms with E-state index in [1.807, 2.05) is 50.2 Å². The standard InChI is InChI=1S/C24H22IN3O3/c1-16-9-10-21(11-17(16)2)27-23(29)15-31-22-8-3-5-18(12-22)14-26-28-24(30)19-6-4-7-20(25)13-19/h3-14H,15H2,1-2H3,(H,27,29)(H,28,30)/b26-14-. The summed E-state index contributed by atoms with van der Waals surface area (Å²) in [6, 6.07) is 20.1. The number of hydrogen-bond donors (Lipinski definition) is 2. The minimum Gasteiger partial charge on any atom is -0.484 e. The first-order valence-corrected chi connectivity index (χ1v) is 10.7. The summed E-state index contributed by atoms with van der Waals surface area (Å²) in [6.07, 6.45) is 1.52. The molecule has 0 aliphatic carbocycles. The number of carbonyl (C=O) groups is 2. The van der Waals surface area contributed by atoms with E-state index in [-0.39, 0.29) is 18.4 Å². The lowest BCUT2D eigenvalue weighted by molar-refractivity contribution is -0.118. The maximum Gasteiger partial charge on any atom is 0.271 e. The van der Waals surface area contributed by atoms with E-state index in [0.717, 1.165) is 20.4 Å². The van der Waals surface area contributed by atoms with E-state index in [1.165, 1.54) is 11.8 Å². The van der Waals surface area contributed by atoms with Crippen molar-refractivity contribution in [3.05, 3.63) is 92.6 Å². The van der Waals surface area contributed by atoms with Crippen LogP contribution in [-0.2, 0) is 4.79 Å². The van der Waals surface area contributed by atoms with E-state index in [9.17, 15) is 9.59 Å². The summed E-state index contributed by atoms with van der Waals surface area (Å²) in [7, 11) is 0. The van der Waals surface area contributed by atoms with Gasteiger partial charge in [-0.2, -0.15) is 5.10 Å². The lowest BCUT2D eigenvalue weighted by Crippen LogP contribution is -2.20. The number of carbonyl (C=O) groups excluding carboxylic acids is 2. The minimum atomic E-state index is -0.287. The van der Waals surface area contributed by atoms with Crippen LogP contribution >= 0.6 is 22.6 Å². The molecular weight excluding hydrogens is 505 g/mol. The van der Waals surface area contributed by atoms with Crippen LogP contribution in [-0.4, -0.2) is 24.6 Å². The van der Waals surface area contributed by atoms with Crippen LogP contribution in [0.4, 0.5) is 5.69 Å². The predicted octanol–water partition coefficient (Wildman–Crippen LogP) is 4.69. The quantitative estimate of drug-likeness (QED) is 0.266. The van der Waals surface area contributed by atoms with Gasteiger partial charge in [0, 0.05) is 14.8 Å². The fraction of sp³-hybridized carbons (Fsp3) is 0.125. The monoisotopic (exact) mass is 527 g/mol. The Morgan fingerprint density at radius 3 is 2.58 bits per heavy atom. The number of nitrogens with zero attached hydrogens (tertiary/aromatic N) is 1. The number of ether oxygens (including phenoxy) is 1. The Balaban J connectivity index is 1.52. The lowest BCUT2D eigenvalue weighted by atomic mass is 10.1. The molecule has 2 N–H and O–H groups in total. The molecule has 0 atom stereocenters. The number of aryl methyl sites for hydroxylation is 2. The van der Waals surface area contributed by atoms with Crippen molar-refractivity contribution in [1.82, 2.24) is 5.43 Å². The van der Waals surface area contributed by atoms with Gasteiger partial charge in [-0.25, -0.2) is 5.43 Å². The zero-order valence-electron chi connectivity index (χ0n) is 17.2. The summed E-state index contributed by atoms with van der Waals surface area (Å²) in [5.41, 5.74) is 6.79.